The maximum atomic E-state index is 12.2. The summed E-state index contributed by atoms with van der Waals surface area (Å²) in [5.41, 5.74) is 5.86. The van der Waals surface area contributed by atoms with Crippen LogP contribution in [0.1, 0.15) is 60.1 Å². The zero-order valence-corrected chi connectivity index (χ0v) is 16.3. The molecule has 23 heavy (non-hydrogen) atoms. The molecule has 5 heteroatoms. The minimum absolute atomic E-state index is 0.147. The van der Waals surface area contributed by atoms with Gasteiger partial charge >= 0.3 is 0 Å². The molecule has 0 saturated carbocycles. The van der Waals surface area contributed by atoms with Gasteiger partial charge < -0.3 is 5.32 Å². The number of nitrogens with one attached hydrogen (secondary N) is 1. The molecular weight excluding hydrogens is 302 g/mol. The minimum Gasteiger partial charge on any atom is -0.339 e. The van der Waals surface area contributed by atoms with Crippen LogP contribution >= 0.6 is 0 Å². The second kappa shape index (κ2) is 8.26. The van der Waals surface area contributed by atoms with Crippen molar-refractivity contribution in [3.63, 3.8) is 0 Å². The van der Waals surface area contributed by atoms with Crippen molar-refractivity contribution in [3.8, 4) is 11.5 Å². The lowest BCUT2D eigenvalue weighted by Crippen LogP contribution is -2.43. The van der Waals surface area contributed by atoms with Crippen LogP contribution in [0.25, 0.3) is 0 Å². The van der Waals surface area contributed by atoms with Crippen LogP contribution in [0.15, 0.2) is 18.7 Å². The number of rotatable bonds is 5. The summed E-state index contributed by atoms with van der Waals surface area (Å²) in [6.07, 6.45) is 4.90. The molecule has 4 nitrogen and oxygen atoms in total. The maximum absolute atomic E-state index is 12.2. The molecule has 1 amide bonds. The molecule has 0 aliphatic heterocycles. The zero-order chi connectivity index (χ0) is 17.6. The van der Waals surface area contributed by atoms with Crippen molar-refractivity contribution in [1.82, 2.24) is 15.3 Å². The number of nitrogens with zero attached hydrogens (tertiary/aromatic N) is 2. The third kappa shape index (κ3) is 4.65. The monoisotopic (exact) mass is 331 g/mol. The Morgan fingerprint density at radius 2 is 1.48 bits per heavy atom. The number of hydrogen-bond acceptors (Lipinski definition) is 3. The maximum Gasteiger partial charge on any atom is 0.295 e. The summed E-state index contributed by atoms with van der Waals surface area (Å²) < 4.78 is 0. The highest BCUT2D eigenvalue weighted by atomic mass is 28.3. The van der Waals surface area contributed by atoms with Crippen molar-refractivity contribution >= 4 is 14.0 Å². The fourth-order valence-electron chi connectivity index (χ4n) is 3.45. The second-order valence-corrected chi connectivity index (χ2v) is 12.6. The van der Waals surface area contributed by atoms with Gasteiger partial charge in [0.05, 0.1) is 6.04 Å². The van der Waals surface area contributed by atoms with Gasteiger partial charge in [-0.25, -0.2) is 9.97 Å². The Morgan fingerprint density at radius 3 is 1.91 bits per heavy atom. The van der Waals surface area contributed by atoms with E-state index in [4.69, 9.17) is 0 Å². The highest BCUT2D eigenvalue weighted by Crippen LogP contribution is 2.40. The predicted octanol–water partition coefficient (Wildman–Crippen LogP) is 3.88. The van der Waals surface area contributed by atoms with Gasteiger partial charge in [0.25, 0.3) is 5.91 Å². The third-order valence-corrected chi connectivity index (χ3v) is 11.0. The van der Waals surface area contributed by atoms with Crippen LogP contribution in [0, 0.1) is 11.5 Å². The normalized spacial score (nSPS) is 13.0. The summed E-state index contributed by atoms with van der Waals surface area (Å²) in [5.74, 6) is 2.67. The van der Waals surface area contributed by atoms with Crippen LogP contribution in [0.3, 0.4) is 0 Å². The molecule has 1 rings (SSSR count). The first-order valence-electron chi connectivity index (χ1n) is 8.30. The molecule has 1 atom stereocenters. The van der Waals surface area contributed by atoms with E-state index in [-0.39, 0.29) is 11.9 Å². The molecule has 0 aromatic carbocycles. The molecule has 1 aromatic rings. The van der Waals surface area contributed by atoms with Crippen LogP contribution in [0.4, 0.5) is 0 Å². The molecular formula is C18H29N3OSi. The van der Waals surface area contributed by atoms with Crippen molar-refractivity contribution in [2.24, 2.45) is 0 Å². The van der Waals surface area contributed by atoms with E-state index in [9.17, 15) is 4.79 Å². The second-order valence-electron chi connectivity index (χ2n) is 7.01. The van der Waals surface area contributed by atoms with Crippen molar-refractivity contribution < 1.29 is 4.79 Å². The lowest BCUT2D eigenvalue weighted by Gasteiger charge is -2.37. The molecule has 0 bridgehead atoms. The molecule has 1 N–H and O–H groups in total. The standard InChI is InChI=1S/C18H29N3OSi/c1-13(2)23(14(3)4,15(5)6)9-8-18(22)21-16(7)17-10-19-12-20-11-17/h10-16H,1-7H3,(H,21,22). The van der Waals surface area contributed by atoms with Gasteiger partial charge in [-0.15, -0.1) is 5.54 Å². The van der Waals surface area contributed by atoms with E-state index in [2.05, 4.69) is 68.3 Å². The lowest BCUT2D eigenvalue weighted by molar-refractivity contribution is -0.116. The molecule has 0 fully saturated rings. The van der Waals surface area contributed by atoms with Crippen LogP contribution in [-0.4, -0.2) is 23.9 Å². The molecule has 0 aliphatic rings. The fraction of sp³-hybridized carbons (Fsp3) is 0.611. The van der Waals surface area contributed by atoms with Crippen LogP contribution in [-0.2, 0) is 4.79 Å². The van der Waals surface area contributed by atoms with Crippen LogP contribution in [0.2, 0.25) is 16.6 Å². The Labute approximate surface area is 141 Å². The lowest BCUT2D eigenvalue weighted by atomic mass is 10.2. The average molecular weight is 332 g/mol. The third-order valence-electron chi connectivity index (χ3n) is 4.69. The molecule has 126 valence electrons. The van der Waals surface area contributed by atoms with Gasteiger partial charge in [-0.2, -0.15) is 0 Å². The van der Waals surface area contributed by atoms with Gasteiger partial charge in [-0.1, -0.05) is 41.5 Å². The number of carbonyl (C=O) groups is 1. The number of carbonyl (C=O) groups excluding carboxylic acids is 1. The van der Waals surface area contributed by atoms with Crippen molar-refractivity contribution in [1.29, 1.82) is 0 Å². The van der Waals surface area contributed by atoms with Crippen molar-refractivity contribution in [2.75, 3.05) is 0 Å². The van der Waals surface area contributed by atoms with E-state index in [0.29, 0.717) is 16.6 Å². The van der Waals surface area contributed by atoms with Gasteiger partial charge in [-0.05, 0) is 29.5 Å². The van der Waals surface area contributed by atoms with Gasteiger partial charge in [0, 0.05) is 18.0 Å². The highest BCUT2D eigenvalue weighted by Gasteiger charge is 2.41. The summed E-state index contributed by atoms with van der Waals surface area (Å²) in [4.78, 5) is 20.2. The van der Waals surface area contributed by atoms with Crippen molar-refractivity contribution in [2.45, 2.75) is 71.1 Å². The van der Waals surface area contributed by atoms with Crippen LogP contribution < -0.4 is 5.32 Å². The Morgan fingerprint density at radius 1 is 1.00 bits per heavy atom. The Kier molecular flexibility index (Phi) is 6.95. The van der Waals surface area contributed by atoms with Gasteiger partial charge in [-0.3, -0.25) is 4.79 Å². The predicted molar refractivity (Wildman–Crippen MR) is 97.4 cm³/mol. The first-order valence-corrected chi connectivity index (χ1v) is 10.5. The van der Waals surface area contributed by atoms with E-state index in [1.807, 2.05) is 6.92 Å². The molecule has 0 spiro atoms. The quantitative estimate of drug-likeness (QED) is 0.658. The van der Waals surface area contributed by atoms with E-state index in [0.717, 1.165) is 5.56 Å². The number of amides is 1. The number of aromatic nitrogens is 2. The van der Waals surface area contributed by atoms with Gasteiger partial charge in [0.15, 0.2) is 0 Å². The molecule has 1 unspecified atom stereocenters. The smallest absolute Gasteiger partial charge is 0.295 e. The highest BCUT2D eigenvalue weighted by molar-refractivity contribution is 6.90. The summed E-state index contributed by atoms with van der Waals surface area (Å²) in [7, 11) is -1.87. The topological polar surface area (TPSA) is 54.9 Å². The first kappa shape index (κ1) is 19.4. The summed E-state index contributed by atoms with van der Waals surface area (Å²) in [5, 5.41) is 2.92. The molecule has 0 saturated heterocycles. The van der Waals surface area contributed by atoms with Gasteiger partial charge in [0.1, 0.15) is 14.4 Å². The number of hydrogen-bond donors (Lipinski definition) is 1. The van der Waals surface area contributed by atoms with E-state index in [1.54, 1.807) is 12.4 Å². The Balaban J connectivity index is 2.93. The van der Waals surface area contributed by atoms with Crippen molar-refractivity contribution in [3.05, 3.63) is 24.3 Å². The zero-order valence-electron chi connectivity index (χ0n) is 15.3. The molecule has 1 aromatic heterocycles. The Bertz CT molecular complexity index is 551. The first-order chi connectivity index (χ1) is 10.7. The fourth-order valence-corrected chi connectivity index (χ4v) is 8.64. The van der Waals surface area contributed by atoms with Crippen LogP contribution in [0.5, 0.6) is 0 Å². The molecule has 0 aliphatic carbocycles. The molecule has 1 heterocycles. The summed E-state index contributed by atoms with van der Waals surface area (Å²) in [6.45, 7) is 15.3. The van der Waals surface area contributed by atoms with E-state index < -0.39 is 8.07 Å². The van der Waals surface area contributed by atoms with E-state index >= 15 is 0 Å². The Hall–Kier alpha value is -1.67. The minimum atomic E-state index is -1.87. The average Bonchev–Trinajstić information content (AvgIpc) is 2.47. The van der Waals surface area contributed by atoms with E-state index in [1.165, 1.54) is 6.33 Å². The molecule has 0 radical (unpaired) electrons. The largest absolute Gasteiger partial charge is 0.339 e. The van der Waals surface area contributed by atoms with Gasteiger partial charge in [0.2, 0.25) is 0 Å². The SMILES string of the molecule is CC(NC(=O)C#C[Si](C(C)C)(C(C)C)C(C)C)c1cncnc1. The summed E-state index contributed by atoms with van der Waals surface area (Å²) in [6, 6.07) is -0.147. The summed E-state index contributed by atoms with van der Waals surface area (Å²) >= 11 is 0.